The van der Waals surface area contributed by atoms with Gasteiger partial charge < -0.3 is 23.4 Å². The number of fused-ring (bicyclic) bond motifs is 5. The zero-order chi connectivity index (χ0) is 37.5. The highest BCUT2D eigenvalue weighted by Crippen LogP contribution is 2.67. The first-order valence-corrected chi connectivity index (χ1v) is 20.6. The maximum absolute atomic E-state index is 15.3. The van der Waals surface area contributed by atoms with Crippen molar-refractivity contribution in [1.82, 2.24) is 0 Å². The topological polar surface area (TPSA) is 114 Å². The predicted molar refractivity (Wildman–Crippen MR) is 198 cm³/mol. The molecule has 4 aliphatic rings. The number of carbonyl (C=O) groups excluding carboxylic acids is 4. The second-order valence-electron chi connectivity index (χ2n) is 16.4. The van der Waals surface area contributed by atoms with Gasteiger partial charge in [0.1, 0.15) is 24.7 Å². The fourth-order valence-electron chi connectivity index (χ4n) is 11.0. The van der Waals surface area contributed by atoms with E-state index in [2.05, 4.69) is 58.5 Å². The summed E-state index contributed by atoms with van der Waals surface area (Å²) >= 11 is 0. The molecule has 0 spiro atoms. The quantitative estimate of drug-likeness (QED) is 0.0982. The van der Waals surface area contributed by atoms with Gasteiger partial charge in [-0.1, -0.05) is 101 Å². The molecule has 4 aliphatic carbocycles. The average molecular weight is 731 g/mol. The molecule has 0 aliphatic heterocycles. The first-order chi connectivity index (χ1) is 24.8. The van der Waals surface area contributed by atoms with Gasteiger partial charge in [-0.05, 0) is 64.8 Å². The van der Waals surface area contributed by atoms with Gasteiger partial charge in [-0.15, -0.1) is 0 Å². The van der Waals surface area contributed by atoms with Crippen molar-refractivity contribution in [2.45, 2.75) is 83.5 Å². The third-order valence-electron chi connectivity index (χ3n) is 13.1. The summed E-state index contributed by atoms with van der Waals surface area (Å²) in [4.78, 5) is 59.3. The Morgan fingerprint density at radius 2 is 1.56 bits per heavy atom. The minimum absolute atomic E-state index is 0.0574. The third-order valence-corrected chi connectivity index (χ3v) is 18.1. The summed E-state index contributed by atoms with van der Waals surface area (Å²) in [5.74, 6) is -6.21. The van der Waals surface area contributed by atoms with Crippen molar-refractivity contribution in [3.63, 3.8) is 0 Å². The van der Waals surface area contributed by atoms with Crippen LogP contribution in [-0.2, 0) is 42.6 Å². The van der Waals surface area contributed by atoms with E-state index in [1.54, 1.807) is 7.11 Å². The van der Waals surface area contributed by atoms with Crippen molar-refractivity contribution < 1.29 is 42.6 Å². The Hall–Kier alpha value is -3.44. The summed E-state index contributed by atoms with van der Waals surface area (Å²) in [6.07, 6.45) is 3.20. The number of esters is 2. The van der Waals surface area contributed by atoms with Crippen molar-refractivity contribution in [2.75, 3.05) is 27.6 Å². The fourth-order valence-corrected chi connectivity index (χ4v) is 15.7. The van der Waals surface area contributed by atoms with Crippen LogP contribution >= 0.6 is 0 Å². The summed E-state index contributed by atoms with van der Waals surface area (Å²) in [6, 6.07) is 20.2. The van der Waals surface area contributed by atoms with E-state index in [1.807, 2.05) is 36.4 Å². The van der Waals surface area contributed by atoms with E-state index in [9.17, 15) is 14.4 Å². The van der Waals surface area contributed by atoms with Crippen LogP contribution in [0.15, 0.2) is 73.3 Å². The molecule has 0 heterocycles. The second kappa shape index (κ2) is 14.8. The molecule has 6 rings (SSSR count). The number of carbonyl (C=O) groups is 4. The smallest absolute Gasteiger partial charge is 0.320 e. The number of methoxy groups -OCH3 is 2. The van der Waals surface area contributed by atoms with Crippen molar-refractivity contribution in [3.05, 3.63) is 73.3 Å². The van der Waals surface area contributed by atoms with Crippen molar-refractivity contribution in [2.24, 2.45) is 40.4 Å². The third kappa shape index (κ3) is 5.85. The first-order valence-electron chi connectivity index (χ1n) is 18.7. The molecule has 4 fully saturated rings. The molecule has 0 saturated heterocycles. The number of ether oxygens (including phenoxy) is 4. The van der Waals surface area contributed by atoms with E-state index >= 15 is 4.79 Å². The van der Waals surface area contributed by atoms with Gasteiger partial charge in [0.15, 0.2) is 11.6 Å². The van der Waals surface area contributed by atoms with Gasteiger partial charge in [-0.25, -0.2) is 0 Å². The van der Waals surface area contributed by atoms with Crippen LogP contribution in [0.3, 0.4) is 0 Å². The number of hydrogen-bond acceptors (Lipinski definition) is 9. The Morgan fingerprint density at radius 1 is 0.923 bits per heavy atom. The fraction of sp³-hybridized carbons (Fsp3) is 0.571. The minimum Gasteiger partial charge on any atom is -0.468 e. The van der Waals surface area contributed by atoms with Crippen LogP contribution in [0.1, 0.15) is 66.2 Å². The summed E-state index contributed by atoms with van der Waals surface area (Å²) in [7, 11) is -0.422. The SMILES string of the molecule is C=CCOC(=O)C1C(=O)[C@@H]2[C@@H](CC[C@]3(C)[C@@H](OCOC)CC[C@@H]23)[C@]2(C(=O)OC)C(=O)CC[C@H](O[Si](c3ccccc3)(c3ccccc3)C(C)(C)C)[C@H]12. The van der Waals surface area contributed by atoms with E-state index in [4.69, 9.17) is 23.4 Å². The molecule has 2 aromatic rings. The molecule has 1 unspecified atom stereocenters. The average Bonchev–Trinajstić information content (AvgIpc) is 3.48. The highest BCUT2D eigenvalue weighted by Gasteiger charge is 2.75. The molecule has 9 nitrogen and oxygen atoms in total. The summed E-state index contributed by atoms with van der Waals surface area (Å²) < 4.78 is 30.5. The molecule has 0 aromatic heterocycles. The molecular formula is C42H54O9Si. The highest BCUT2D eigenvalue weighted by atomic mass is 28.4. The minimum atomic E-state index is -3.30. The van der Waals surface area contributed by atoms with Gasteiger partial charge in [0, 0.05) is 25.4 Å². The Bertz CT molecular complexity index is 1600. The largest absolute Gasteiger partial charge is 0.468 e. The number of hydrogen-bond donors (Lipinski definition) is 0. The summed E-state index contributed by atoms with van der Waals surface area (Å²) in [5.41, 5.74) is -2.20. The van der Waals surface area contributed by atoms with Crippen LogP contribution in [-0.4, -0.2) is 71.6 Å². The van der Waals surface area contributed by atoms with Crippen LogP contribution in [0.4, 0.5) is 0 Å². The lowest BCUT2D eigenvalue weighted by atomic mass is 9.41. The molecule has 2 aromatic carbocycles. The Balaban J connectivity index is 1.57. The van der Waals surface area contributed by atoms with E-state index in [-0.39, 0.29) is 49.8 Å². The standard InChI is InChI=1S/C42H54O9Si/c1-8-25-49-38(45)35-36-31(51-52(40(2,3)4,27-15-11-9-12-16-27)28-17-13-10-14-18-28)20-21-32(43)42(36,39(46)48-7)30-23-24-41(5)29(34(30)37(35)44)19-22-33(41)50-26-47-6/h8-18,29-31,33-36H,1,19-26H2,2-7H3/t29-,30+,31-,33-,34-,35?,36+,41-,42-/m0/s1. The molecule has 52 heavy (non-hydrogen) atoms. The zero-order valence-corrected chi connectivity index (χ0v) is 32.4. The Kier molecular flexibility index (Phi) is 10.9. The summed E-state index contributed by atoms with van der Waals surface area (Å²) in [6.45, 7) is 12.3. The van der Waals surface area contributed by atoms with E-state index in [0.717, 1.165) is 10.4 Å². The van der Waals surface area contributed by atoms with Gasteiger partial charge in [-0.2, -0.15) is 0 Å². The van der Waals surface area contributed by atoms with Gasteiger partial charge in [0.25, 0.3) is 8.32 Å². The van der Waals surface area contributed by atoms with Crippen molar-refractivity contribution >= 4 is 42.2 Å². The zero-order valence-electron chi connectivity index (χ0n) is 31.4. The highest BCUT2D eigenvalue weighted by molar-refractivity contribution is 6.99. The molecule has 4 saturated carbocycles. The van der Waals surface area contributed by atoms with Gasteiger partial charge in [0.05, 0.1) is 19.3 Å². The molecule has 280 valence electrons. The Morgan fingerprint density at radius 3 is 2.12 bits per heavy atom. The number of rotatable bonds is 11. The van der Waals surface area contributed by atoms with E-state index < -0.39 is 65.9 Å². The predicted octanol–water partition coefficient (Wildman–Crippen LogP) is 5.43. The normalized spacial score (nSPS) is 33.0. The van der Waals surface area contributed by atoms with E-state index in [1.165, 1.54) is 13.2 Å². The van der Waals surface area contributed by atoms with Gasteiger partial charge in [-0.3, -0.25) is 19.2 Å². The van der Waals surface area contributed by atoms with Gasteiger partial charge >= 0.3 is 11.9 Å². The maximum atomic E-state index is 15.3. The molecule has 9 atom stereocenters. The van der Waals surface area contributed by atoms with Crippen LogP contribution in [0.5, 0.6) is 0 Å². The molecule has 0 bridgehead atoms. The maximum Gasteiger partial charge on any atom is 0.320 e. The molecule has 0 amide bonds. The first kappa shape index (κ1) is 38.3. The number of benzene rings is 2. The second-order valence-corrected chi connectivity index (χ2v) is 20.6. The van der Waals surface area contributed by atoms with Crippen LogP contribution in [0.25, 0.3) is 0 Å². The number of Topliss-reactive ketones (excluding diaryl/α,β-unsaturated/α-hetero) is 2. The van der Waals surface area contributed by atoms with E-state index in [0.29, 0.717) is 25.7 Å². The molecule has 10 heteroatoms. The lowest BCUT2D eigenvalue weighted by molar-refractivity contribution is -0.207. The lowest BCUT2D eigenvalue weighted by Gasteiger charge is -2.61. The molecular weight excluding hydrogens is 677 g/mol. The monoisotopic (exact) mass is 730 g/mol. The van der Waals surface area contributed by atoms with Crippen molar-refractivity contribution in [1.29, 1.82) is 0 Å². The molecule has 0 radical (unpaired) electrons. The lowest BCUT2D eigenvalue weighted by Crippen LogP contribution is -2.74. The Labute approximate surface area is 308 Å². The van der Waals surface area contributed by atoms with Crippen molar-refractivity contribution in [3.8, 4) is 0 Å². The van der Waals surface area contributed by atoms with Gasteiger partial charge in [0.2, 0.25) is 0 Å². The number of ketones is 2. The molecule has 0 N–H and O–H groups in total. The van der Waals surface area contributed by atoms with Crippen LogP contribution in [0, 0.1) is 40.4 Å². The summed E-state index contributed by atoms with van der Waals surface area (Å²) in [5, 5.41) is 1.59. The van der Waals surface area contributed by atoms with Crippen LogP contribution < -0.4 is 10.4 Å². The van der Waals surface area contributed by atoms with Crippen LogP contribution in [0.2, 0.25) is 5.04 Å².